The number of carbonyl (C=O) groups is 8. The second-order valence-corrected chi connectivity index (χ2v) is 23.9. The number of nitrogens with one attached hydrogen (secondary N) is 4. The highest BCUT2D eigenvalue weighted by molar-refractivity contribution is 6.03. The summed E-state index contributed by atoms with van der Waals surface area (Å²) in [5.41, 5.74) is -2.94. The van der Waals surface area contributed by atoms with E-state index in [0.29, 0.717) is 114 Å². The van der Waals surface area contributed by atoms with Gasteiger partial charge in [-0.2, -0.15) is 0 Å². The Hall–Kier alpha value is -7.68. The van der Waals surface area contributed by atoms with Crippen LogP contribution >= 0.6 is 0 Å². The molecule has 0 saturated carbocycles. The van der Waals surface area contributed by atoms with E-state index in [4.69, 9.17) is 37.9 Å². The molecule has 0 saturated heterocycles. The zero-order chi connectivity index (χ0) is 67.7. The second kappa shape index (κ2) is 39.0. The van der Waals surface area contributed by atoms with Crippen LogP contribution in [-0.4, -0.2) is 183 Å². The average molecular weight is 1290 g/mol. The Balaban J connectivity index is 0.931. The Morgan fingerprint density at radius 2 is 0.500 bits per heavy atom. The molecule has 4 aromatic rings. The molecule has 0 unspecified atom stereocenters. The number of aliphatic hydroxyl groups is 4. The van der Waals surface area contributed by atoms with Crippen LogP contribution in [0.15, 0.2) is 97.1 Å². The zero-order valence-electron chi connectivity index (χ0n) is 54.3. The third-order valence-electron chi connectivity index (χ3n) is 13.9. The van der Waals surface area contributed by atoms with Gasteiger partial charge in [0.15, 0.2) is 35.3 Å². The molecule has 4 amide bonds. The summed E-state index contributed by atoms with van der Waals surface area (Å²) in [5.74, 6) is -1.87. The van der Waals surface area contributed by atoms with Crippen molar-refractivity contribution in [1.29, 1.82) is 0 Å². The molecule has 0 aromatic heterocycles. The lowest BCUT2D eigenvalue weighted by molar-refractivity contribution is -0.0102. The molecular weight excluding hydrogens is 1190 g/mol. The molecular formula is C68H94N4O20. The highest BCUT2D eigenvalue weighted by Crippen LogP contribution is 2.30. The first-order valence-corrected chi connectivity index (χ1v) is 31.1. The van der Waals surface area contributed by atoms with Crippen LogP contribution in [0.3, 0.4) is 0 Å². The molecule has 0 aliphatic carbocycles. The van der Waals surface area contributed by atoms with E-state index in [-0.39, 0.29) is 48.7 Å². The van der Waals surface area contributed by atoms with Crippen molar-refractivity contribution in [2.75, 3.05) is 92.2 Å². The van der Waals surface area contributed by atoms with Crippen LogP contribution in [0.5, 0.6) is 0 Å². The van der Waals surface area contributed by atoms with E-state index in [9.17, 15) is 58.8 Å². The summed E-state index contributed by atoms with van der Waals surface area (Å²) >= 11 is 0. The molecule has 92 heavy (non-hydrogen) atoms. The summed E-state index contributed by atoms with van der Waals surface area (Å²) in [6.45, 7) is 15.1. The van der Waals surface area contributed by atoms with Crippen molar-refractivity contribution in [3.05, 3.63) is 142 Å². The summed E-state index contributed by atoms with van der Waals surface area (Å²) in [6.07, 6.45) is 1.52. The van der Waals surface area contributed by atoms with Crippen LogP contribution in [0.4, 0.5) is 19.2 Å². The number of carbonyl (C=O) groups excluding carboxylic acids is 8. The minimum absolute atomic E-state index is 0.0668. The fourth-order valence-corrected chi connectivity index (χ4v) is 8.82. The zero-order valence-corrected chi connectivity index (χ0v) is 54.3. The minimum Gasteiger partial charge on any atom is -0.447 e. The van der Waals surface area contributed by atoms with Gasteiger partial charge in [-0.05, 0) is 103 Å². The third-order valence-corrected chi connectivity index (χ3v) is 13.9. The maximum absolute atomic E-state index is 13.0. The van der Waals surface area contributed by atoms with Gasteiger partial charge in [0.25, 0.3) is 0 Å². The summed E-state index contributed by atoms with van der Waals surface area (Å²) in [4.78, 5) is 101. The highest BCUT2D eigenvalue weighted by Gasteiger charge is 2.30. The SMILES string of the molecule is CC(C)(O)C(=O)c1ccc(C(OC(=O)NCCCCCCNC(=O)OCCOCCOCCOCCOCCOC(=O)NCCCCCCNC(=O)OC(c2ccc(C(=O)C(C)(C)O)cc2)c2ccc(C(=O)C(C)(C)O)cc2)c2ccc(C(=O)C(C)(C)O)cc2)cc1. The van der Waals surface area contributed by atoms with Crippen LogP contribution in [0.2, 0.25) is 0 Å². The monoisotopic (exact) mass is 1290 g/mol. The first-order chi connectivity index (χ1) is 43.6. The summed E-state index contributed by atoms with van der Waals surface area (Å²) in [7, 11) is 0. The van der Waals surface area contributed by atoms with Gasteiger partial charge in [0, 0.05) is 48.4 Å². The molecule has 4 rings (SSSR count). The van der Waals surface area contributed by atoms with E-state index in [1.165, 1.54) is 55.4 Å². The smallest absolute Gasteiger partial charge is 0.408 e. The van der Waals surface area contributed by atoms with Gasteiger partial charge < -0.3 is 79.6 Å². The first kappa shape index (κ1) is 76.8. The lowest BCUT2D eigenvalue weighted by atomic mass is 9.92. The molecule has 0 radical (unpaired) electrons. The maximum atomic E-state index is 13.0. The molecule has 0 aliphatic rings. The standard InChI is InChI=1S/C68H94N4O20/c1-65(2,81)57(73)51-25-17-47(18-26-51)55(48-19-27-52(28-20-48)58(74)66(3,4)82)91-63(79)71-35-15-11-9-13-33-69-61(77)89-45-43-87-41-39-85-37-38-86-40-42-88-44-46-90-62(78)70-34-14-10-12-16-36-72-64(80)92-56(49-21-29-53(30-22-49)59(75)67(5,6)83)50-23-31-54(32-24-50)60(76)68(7,8)84/h17-32,55-56,81-84H,9-16,33-46H2,1-8H3,(H,69,77)(H,70,78)(H,71,79)(H,72,80). The highest BCUT2D eigenvalue weighted by atomic mass is 16.6. The Morgan fingerprint density at radius 3 is 0.707 bits per heavy atom. The summed E-state index contributed by atoms with van der Waals surface area (Å²) in [5, 5.41) is 51.6. The number of Topliss-reactive ketones (excluding diaryl/α,β-unsaturated/α-hetero) is 4. The Kier molecular flexibility index (Phi) is 32.5. The molecule has 0 heterocycles. The number of alkyl carbamates (subject to hydrolysis) is 4. The van der Waals surface area contributed by atoms with Crippen molar-refractivity contribution in [2.45, 2.75) is 141 Å². The Morgan fingerprint density at radius 1 is 0.304 bits per heavy atom. The number of hydrogen-bond acceptors (Lipinski definition) is 20. The number of ketones is 4. The van der Waals surface area contributed by atoms with Gasteiger partial charge in [-0.25, -0.2) is 19.2 Å². The molecule has 506 valence electrons. The van der Waals surface area contributed by atoms with Crippen LogP contribution in [0.1, 0.15) is 183 Å². The van der Waals surface area contributed by atoms with Crippen molar-refractivity contribution in [3.8, 4) is 0 Å². The van der Waals surface area contributed by atoms with Gasteiger partial charge in [0.1, 0.15) is 35.6 Å². The van der Waals surface area contributed by atoms with Gasteiger partial charge in [0.05, 0.1) is 52.9 Å². The number of ether oxygens (including phenoxy) is 8. The fraction of sp³-hybridized carbons (Fsp3) is 0.529. The summed E-state index contributed by atoms with van der Waals surface area (Å²) < 4.78 is 43.9. The van der Waals surface area contributed by atoms with Gasteiger partial charge in [-0.1, -0.05) is 123 Å². The molecule has 4 aromatic carbocycles. The van der Waals surface area contributed by atoms with Crippen molar-refractivity contribution >= 4 is 47.5 Å². The van der Waals surface area contributed by atoms with Crippen molar-refractivity contribution in [3.63, 3.8) is 0 Å². The number of hydrogen-bond donors (Lipinski definition) is 8. The lowest BCUT2D eigenvalue weighted by Gasteiger charge is -2.21. The molecule has 0 spiro atoms. The Bertz CT molecular complexity index is 2590. The van der Waals surface area contributed by atoms with Crippen molar-refractivity contribution < 1.29 is 96.7 Å². The average Bonchev–Trinajstić information content (AvgIpc) is 0.848. The second-order valence-electron chi connectivity index (χ2n) is 23.9. The first-order valence-electron chi connectivity index (χ1n) is 31.1. The van der Waals surface area contributed by atoms with Gasteiger partial charge in [-0.15, -0.1) is 0 Å². The lowest BCUT2D eigenvalue weighted by Crippen LogP contribution is -2.31. The van der Waals surface area contributed by atoms with Gasteiger partial charge in [-0.3, -0.25) is 19.2 Å². The van der Waals surface area contributed by atoms with Crippen LogP contribution in [0, 0.1) is 0 Å². The van der Waals surface area contributed by atoms with E-state index < -0.39 is 82.1 Å². The molecule has 24 nitrogen and oxygen atoms in total. The minimum atomic E-state index is -1.57. The number of unbranched alkanes of at least 4 members (excludes halogenated alkanes) is 6. The van der Waals surface area contributed by atoms with Crippen LogP contribution < -0.4 is 21.3 Å². The molecule has 8 N–H and O–H groups in total. The van der Waals surface area contributed by atoms with Crippen molar-refractivity contribution in [2.24, 2.45) is 0 Å². The van der Waals surface area contributed by atoms with Crippen LogP contribution in [-0.2, 0) is 37.9 Å². The summed E-state index contributed by atoms with van der Waals surface area (Å²) in [6, 6.07) is 25.4. The number of rotatable bonds is 43. The Labute approximate surface area is 538 Å². The van der Waals surface area contributed by atoms with Gasteiger partial charge in [0.2, 0.25) is 0 Å². The molecule has 0 atom stereocenters. The van der Waals surface area contributed by atoms with E-state index in [1.807, 2.05) is 0 Å². The molecule has 24 heteroatoms. The fourth-order valence-electron chi connectivity index (χ4n) is 8.82. The third kappa shape index (κ3) is 28.9. The number of benzene rings is 4. The molecule has 0 bridgehead atoms. The normalized spacial score (nSPS) is 11.8. The topological polar surface area (TPSA) is 339 Å². The predicted molar refractivity (Wildman–Crippen MR) is 340 cm³/mol. The van der Waals surface area contributed by atoms with Crippen LogP contribution in [0.25, 0.3) is 0 Å². The number of amides is 4. The van der Waals surface area contributed by atoms with Gasteiger partial charge >= 0.3 is 24.4 Å². The van der Waals surface area contributed by atoms with E-state index >= 15 is 0 Å². The maximum Gasteiger partial charge on any atom is 0.408 e. The van der Waals surface area contributed by atoms with Crippen molar-refractivity contribution in [1.82, 2.24) is 21.3 Å². The largest absolute Gasteiger partial charge is 0.447 e. The van der Waals surface area contributed by atoms with E-state index in [0.717, 1.165) is 25.7 Å². The quantitative estimate of drug-likeness (QED) is 0.0117. The molecule has 0 fully saturated rings. The predicted octanol–water partition coefficient (Wildman–Crippen LogP) is 8.47. The molecule has 0 aliphatic heterocycles. The van der Waals surface area contributed by atoms with E-state index in [2.05, 4.69) is 21.3 Å². The van der Waals surface area contributed by atoms with E-state index in [1.54, 1.807) is 97.1 Å².